The van der Waals surface area contributed by atoms with Crippen LogP contribution >= 0.6 is 22.9 Å². The van der Waals surface area contributed by atoms with E-state index in [2.05, 4.69) is 15.0 Å². The largest absolute Gasteiger partial charge is 0.416 e. The first-order chi connectivity index (χ1) is 10.9. The van der Waals surface area contributed by atoms with Crippen LogP contribution in [0.5, 0.6) is 0 Å². The van der Waals surface area contributed by atoms with E-state index < -0.39 is 17.7 Å². The Morgan fingerprint density at radius 3 is 2.65 bits per heavy atom. The van der Waals surface area contributed by atoms with Crippen LogP contribution in [0, 0.1) is 11.3 Å². The molecule has 23 heavy (non-hydrogen) atoms. The maximum atomic E-state index is 12.7. The first kappa shape index (κ1) is 15.6. The molecule has 0 saturated carbocycles. The van der Waals surface area contributed by atoms with E-state index >= 15 is 0 Å². The Labute approximate surface area is 137 Å². The fourth-order valence-corrected chi connectivity index (χ4v) is 3.16. The molecule has 0 spiro atoms. The van der Waals surface area contributed by atoms with Crippen LogP contribution < -0.4 is 0 Å². The summed E-state index contributed by atoms with van der Waals surface area (Å²) in [5.41, 5.74) is -0.233. The van der Waals surface area contributed by atoms with Crippen molar-refractivity contribution >= 4 is 33.2 Å². The zero-order chi connectivity index (χ0) is 16.6. The molecule has 0 fully saturated rings. The van der Waals surface area contributed by atoms with Crippen LogP contribution in [-0.4, -0.2) is 15.0 Å². The molecule has 1 atom stereocenters. The first-order valence-electron chi connectivity index (χ1n) is 6.23. The van der Waals surface area contributed by atoms with Crippen LogP contribution in [0.25, 0.3) is 10.2 Å². The molecule has 2 heterocycles. The van der Waals surface area contributed by atoms with Gasteiger partial charge in [0.15, 0.2) is 0 Å². The quantitative estimate of drug-likeness (QED) is 0.639. The minimum Gasteiger partial charge on any atom is -0.239 e. The molecule has 9 heteroatoms. The number of fused-ring (bicyclic) bond motifs is 1. The second-order valence-electron chi connectivity index (χ2n) is 4.56. The van der Waals surface area contributed by atoms with Gasteiger partial charge in [-0.05, 0) is 24.3 Å². The van der Waals surface area contributed by atoms with E-state index in [0.717, 1.165) is 23.5 Å². The monoisotopic (exact) mass is 354 g/mol. The molecular weight excluding hydrogens is 349 g/mol. The number of hydrogen-bond donors (Lipinski definition) is 0. The third-order valence-electron chi connectivity index (χ3n) is 3.06. The van der Waals surface area contributed by atoms with Crippen LogP contribution in [-0.2, 0) is 6.18 Å². The lowest BCUT2D eigenvalue weighted by Crippen LogP contribution is -2.04. The third-order valence-corrected chi connectivity index (χ3v) is 4.37. The minimum absolute atomic E-state index is 0.177. The Bertz CT molecular complexity index is 916. The average molecular weight is 355 g/mol. The molecule has 4 nitrogen and oxygen atoms in total. The summed E-state index contributed by atoms with van der Waals surface area (Å²) in [6.45, 7) is 0. The zero-order valence-electron chi connectivity index (χ0n) is 11.2. The Morgan fingerprint density at radius 1 is 1.22 bits per heavy atom. The number of aromatic nitrogens is 3. The number of thiazole rings is 1. The van der Waals surface area contributed by atoms with E-state index in [1.165, 1.54) is 18.5 Å². The van der Waals surface area contributed by atoms with Gasteiger partial charge in [-0.15, -0.1) is 11.3 Å². The molecule has 0 aliphatic rings. The van der Waals surface area contributed by atoms with E-state index in [0.29, 0.717) is 15.4 Å². The maximum Gasteiger partial charge on any atom is 0.416 e. The molecule has 116 valence electrons. The molecule has 3 aromatic rings. The number of hydrogen-bond acceptors (Lipinski definition) is 5. The summed E-state index contributed by atoms with van der Waals surface area (Å²) in [5, 5.41) is 9.90. The number of benzene rings is 1. The Hall–Kier alpha value is -2.24. The predicted octanol–water partition coefficient (Wildman–Crippen LogP) is 4.41. The molecule has 0 bridgehead atoms. The predicted molar refractivity (Wildman–Crippen MR) is 79.1 cm³/mol. The van der Waals surface area contributed by atoms with Crippen molar-refractivity contribution < 1.29 is 13.2 Å². The van der Waals surface area contributed by atoms with E-state index in [1.807, 2.05) is 6.07 Å². The number of nitrogens with zero attached hydrogens (tertiary/aromatic N) is 4. The molecule has 0 aliphatic carbocycles. The van der Waals surface area contributed by atoms with Gasteiger partial charge in [0.2, 0.25) is 0 Å². The van der Waals surface area contributed by atoms with Gasteiger partial charge in [-0.3, -0.25) is 0 Å². The van der Waals surface area contributed by atoms with Crippen molar-refractivity contribution in [1.29, 1.82) is 5.26 Å². The molecular formula is C14H6ClF3N4S. The Morgan fingerprint density at radius 2 is 2.00 bits per heavy atom. The van der Waals surface area contributed by atoms with Gasteiger partial charge in [0.1, 0.15) is 22.4 Å². The normalized spacial score (nSPS) is 13.0. The molecule has 2 aromatic heterocycles. The average Bonchev–Trinajstić information content (AvgIpc) is 2.89. The summed E-state index contributed by atoms with van der Waals surface area (Å²) in [6.07, 6.45) is -3.22. The molecule has 0 N–H and O–H groups in total. The summed E-state index contributed by atoms with van der Waals surface area (Å²) in [5.74, 6) is -0.817. The van der Waals surface area contributed by atoms with E-state index in [1.54, 1.807) is 0 Å². The van der Waals surface area contributed by atoms with Crippen LogP contribution in [0.4, 0.5) is 13.2 Å². The number of halogens is 4. The van der Waals surface area contributed by atoms with Crippen LogP contribution in [0.15, 0.2) is 30.6 Å². The zero-order valence-corrected chi connectivity index (χ0v) is 12.7. The molecule has 3 rings (SSSR count). The van der Waals surface area contributed by atoms with Crippen LogP contribution in [0.1, 0.15) is 22.2 Å². The summed E-state index contributed by atoms with van der Waals surface area (Å²) in [6, 6.07) is 6.79. The molecule has 0 aliphatic heterocycles. The van der Waals surface area contributed by atoms with E-state index in [9.17, 15) is 18.4 Å². The fourth-order valence-electron chi connectivity index (χ4n) is 2.00. The highest BCUT2D eigenvalue weighted by Crippen LogP contribution is 2.35. The second kappa shape index (κ2) is 5.76. The summed E-state index contributed by atoms with van der Waals surface area (Å²) >= 11 is 6.93. The second-order valence-corrected chi connectivity index (χ2v) is 6.01. The van der Waals surface area contributed by atoms with Gasteiger partial charge in [0.25, 0.3) is 0 Å². The van der Waals surface area contributed by atoms with Gasteiger partial charge in [-0.2, -0.15) is 18.4 Å². The molecule has 0 saturated heterocycles. The lowest BCUT2D eigenvalue weighted by Gasteiger charge is -2.05. The summed E-state index contributed by atoms with van der Waals surface area (Å²) in [4.78, 5) is 11.9. The van der Waals surface area contributed by atoms with Crippen molar-refractivity contribution in [3.8, 4) is 6.07 Å². The van der Waals surface area contributed by atoms with E-state index in [4.69, 9.17) is 11.6 Å². The standard InChI is InChI=1S/C14H6ClF3N4S/c15-12-4-9(20-6-21-12)8(5-19)13-22-10-3-7(14(16,17)18)1-2-11(10)23-13/h1-4,6,8H. The number of nitriles is 1. The highest BCUT2D eigenvalue weighted by Gasteiger charge is 2.31. The van der Waals surface area contributed by atoms with Gasteiger partial charge >= 0.3 is 6.18 Å². The SMILES string of the molecule is N#CC(c1cc(Cl)ncn1)c1nc2cc(C(F)(F)F)ccc2s1. The lowest BCUT2D eigenvalue weighted by atomic mass is 10.1. The van der Waals surface area contributed by atoms with Crippen molar-refractivity contribution in [2.45, 2.75) is 12.1 Å². The minimum atomic E-state index is -4.44. The van der Waals surface area contributed by atoms with Crippen molar-refractivity contribution in [2.24, 2.45) is 0 Å². The Balaban J connectivity index is 2.07. The molecule has 0 amide bonds. The van der Waals surface area contributed by atoms with E-state index in [-0.39, 0.29) is 10.7 Å². The van der Waals surface area contributed by atoms with Crippen molar-refractivity contribution in [3.63, 3.8) is 0 Å². The van der Waals surface area contributed by atoms with Gasteiger partial charge in [0.05, 0.1) is 27.5 Å². The number of rotatable bonds is 2. The van der Waals surface area contributed by atoms with Gasteiger partial charge in [0, 0.05) is 0 Å². The van der Waals surface area contributed by atoms with Crippen molar-refractivity contribution in [1.82, 2.24) is 15.0 Å². The smallest absolute Gasteiger partial charge is 0.239 e. The highest BCUT2D eigenvalue weighted by molar-refractivity contribution is 7.18. The van der Waals surface area contributed by atoms with Crippen LogP contribution in [0.2, 0.25) is 5.15 Å². The number of alkyl halides is 3. The summed E-state index contributed by atoms with van der Waals surface area (Å²) in [7, 11) is 0. The third kappa shape index (κ3) is 3.11. The van der Waals surface area contributed by atoms with Crippen LogP contribution in [0.3, 0.4) is 0 Å². The molecule has 1 aromatic carbocycles. The highest BCUT2D eigenvalue weighted by atomic mass is 35.5. The molecule has 0 radical (unpaired) electrons. The Kier molecular flexibility index (Phi) is 3.92. The topological polar surface area (TPSA) is 62.5 Å². The first-order valence-corrected chi connectivity index (χ1v) is 7.42. The lowest BCUT2D eigenvalue weighted by molar-refractivity contribution is -0.137. The maximum absolute atomic E-state index is 12.7. The van der Waals surface area contributed by atoms with Crippen molar-refractivity contribution in [3.05, 3.63) is 52.0 Å². The van der Waals surface area contributed by atoms with Gasteiger partial charge in [-0.1, -0.05) is 11.6 Å². The fraction of sp³-hybridized carbons (Fsp3) is 0.143. The van der Waals surface area contributed by atoms with Gasteiger partial charge in [-0.25, -0.2) is 15.0 Å². The van der Waals surface area contributed by atoms with Gasteiger partial charge < -0.3 is 0 Å². The molecule has 1 unspecified atom stereocenters. The summed E-state index contributed by atoms with van der Waals surface area (Å²) < 4.78 is 38.8. The van der Waals surface area contributed by atoms with Crippen molar-refractivity contribution in [2.75, 3.05) is 0 Å².